The predicted octanol–water partition coefficient (Wildman–Crippen LogP) is 3.63. The van der Waals surface area contributed by atoms with E-state index in [1.807, 2.05) is 12.1 Å². The maximum atomic E-state index is 9.32. The van der Waals surface area contributed by atoms with Gasteiger partial charge in [0.1, 0.15) is 6.10 Å². The second-order valence-electron chi connectivity index (χ2n) is 5.44. The molecule has 1 aliphatic carbocycles. The molecule has 1 N–H and O–H groups in total. The lowest BCUT2D eigenvalue weighted by molar-refractivity contribution is 0.175. The Morgan fingerprint density at radius 3 is 2.58 bits per heavy atom. The van der Waals surface area contributed by atoms with Crippen LogP contribution in [-0.4, -0.2) is 16.2 Å². The van der Waals surface area contributed by atoms with Crippen LogP contribution >= 0.6 is 0 Å². The molecule has 1 aromatic rings. The van der Waals surface area contributed by atoms with E-state index in [0.717, 1.165) is 36.9 Å². The van der Waals surface area contributed by atoms with Crippen LogP contribution in [0.25, 0.3) is 0 Å². The first-order valence-corrected chi connectivity index (χ1v) is 7.59. The van der Waals surface area contributed by atoms with Gasteiger partial charge in [-0.25, -0.2) is 4.98 Å². The topological polar surface area (TPSA) is 42.4 Å². The molecule has 1 aromatic heterocycles. The molecule has 0 aliphatic heterocycles. The van der Waals surface area contributed by atoms with Crippen LogP contribution in [0.1, 0.15) is 63.1 Å². The largest absolute Gasteiger partial charge is 0.474 e. The molecular formula is C16H25NO2. The molecule has 0 unspecified atom stereocenters. The lowest BCUT2D eigenvalue weighted by Crippen LogP contribution is -2.16. The van der Waals surface area contributed by atoms with Crippen molar-refractivity contribution < 1.29 is 9.84 Å². The van der Waals surface area contributed by atoms with Crippen molar-refractivity contribution in [3.05, 3.63) is 23.4 Å². The summed E-state index contributed by atoms with van der Waals surface area (Å²) in [5.74, 6) is 0.696. The van der Waals surface area contributed by atoms with Gasteiger partial charge >= 0.3 is 0 Å². The SMILES string of the molecule is CCCc1cc(CO)cc(OC2CCCCCC2)n1. The number of nitrogens with zero attached hydrogens (tertiary/aromatic N) is 1. The van der Waals surface area contributed by atoms with Crippen molar-refractivity contribution in [2.45, 2.75) is 71.0 Å². The monoisotopic (exact) mass is 263 g/mol. The summed E-state index contributed by atoms with van der Waals surface area (Å²) >= 11 is 0. The van der Waals surface area contributed by atoms with Crippen molar-refractivity contribution in [2.24, 2.45) is 0 Å². The number of ether oxygens (including phenoxy) is 1. The highest BCUT2D eigenvalue weighted by atomic mass is 16.5. The standard InChI is InChI=1S/C16H25NO2/c1-2-7-14-10-13(12-18)11-16(17-14)19-15-8-5-3-4-6-9-15/h10-11,15,18H,2-9,12H2,1H3. The van der Waals surface area contributed by atoms with Crippen molar-refractivity contribution in [3.63, 3.8) is 0 Å². The van der Waals surface area contributed by atoms with Gasteiger partial charge in [0.05, 0.1) is 6.61 Å². The first-order valence-electron chi connectivity index (χ1n) is 7.59. The fourth-order valence-electron chi connectivity index (χ4n) is 2.69. The summed E-state index contributed by atoms with van der Waals surface area (Å²) in [7, 11) is 0. The fourth-order valence-corrected chi connectivity index (χ4v) is 2.69. The van der Waals surface area contributed by atoms with Gasteiger partial charge in [-0.15, -0.1) is 0 Å². The van der Waals surface area contributed by atoms with Gasteiger partial charge < -0.3 is 9.84 Å². The van der Waals surface area contributed by atoms with E-state index in [9.17, 15) is 5.11 Å². The fraction of sp³-hybridized carbons (Fsp3) is 0.688. The van der Waals surface area contributed by atoms with Gasteiger partial charge in [0.15, 0.2) is 0 Å². The molecule has 0 spiro atoms. The van der Waals surface area contributed by atoms with Crippen LogP contribution in [0.2, 0.25) is 0 Å². The first kappa shape index (κ1) is 14.3. The van der Waals surface area contributed by atoms with Crippen LogP contribution in [0.3, 0.4) is 0 Å². The molecule has 106 valence electrons. The van der Waals surface area contributed by atoms with Gasteiger partial charge in [-0.2, -0.15) is 0 Å². The van der Waals surface area contributed by atoms with Crippen molar-refractivity contribution in [3.8, 4) is 5.88 Å². The molecule has 1 aliphatic rings. The van der Waals surface area contributed by atoms with E-state index in [4.69, 9.17) is 4.74 Å². The Bertz CT molecular complexity index is 384. The molecule has 0 saturated heterocycles. The summed E-state index contributed by atoms with van der Waals surface area (Å²) in [5, 5.41) is 9.32. The Morgan fingerprint density at radius 2 is 1.95 bits per heavy atom. The molecule has 0 atom stereocenters. The van der Waals surface area contributed by atoms with Gasteiger partial charge in [-0.05, 0) is 43.7 Å². The summed E-state index contributed by atoms with van der Waals surface area (Å²) in [6, 6.07) is 3.85. The Morgan fingerprint density at radius 1 is 1.21 bits per heavy atom. The van der Waals surface area contributed by atoms with Gasteiger partial charge in [-0.1, -0.05) is 26.2 Å². The number of pyridine rings is 1. The van der Waals surface area contributed by atoms with Gasteiger partial charge in [0.2, 0.25) is 5.88 Å². The molecule has 0 aromatic carbocycles. The summed E-state index contributed by atoms with van der Waals surface area (Å²) in [6.45, 7) is 2.19. The number of aromatic nitrogens is 1. The van der Waals surface area contributed by atoms with E-state index >= 15 is 0 Å². The Balaban J connectivity index is 2.06. The van der Waals surface area contributed by atoms with Crippen LogP contribution in [-0.2, 0) is 13.0 Å². The van der Waals surface area contributed by atoms with Crippen LogP contribution in [0.4, 0.5) is 0 Å². The second-order valence-corrected chi connectivity index (χ2v) is 5.44. The predicted molar refractivity (Wildman–Crippen MR) is 76.3 cm³/mol. The Hall–Kier alpha value is -1.09. The van der Waals surface area contributed by atoms with E-state index in [1.165, 1.54) is 25.7 Å². The highest BCUT2D eigenvalue weighted by Gasteiger charge is 2.15. The molecule has 0 bridgehead atoms. The number of aryl methyl sites for hydroxylation is 1. The van der Waals surface area contributed by atoms with Gasteiger partial charge in [0, 0.05) is 11.8 Å². The molecule has 0 amide bonds. The molecule has 2 rings (SSSR count). The summed E-state index contributed by atoms with van der Waals surface area (Å²) in [4.78, 5) is 4.56. The Kier molecular flexibility index (Phi) is 5.64. The van der Waals surface area contributed by atoms with E-state index in [1.54, 1.807) is 0 Å². The van der Waals surface area contributed by atoms with Crippen molar-refractivity contribution >= 4 is 0 Å². The summed E-state index contributed by atoms with van der Waals surface area (Å²) in [6.07, 6.45) is 9.73. The number of aliphatic hydroxyl groups excluding tert-OH is 1. The molecule has 1 fully saturated rings. The van der Waals surface area contributed by atoms with E-state index in [2.05, 4.69) is 11.9 Å². The van der Waals surface area contributed by atoms with E-state index in [-0.39, 0.29) is 6.61 Å². The van der Waals surface area contributed by atoms with E-state index in [0.29, 0.717) is 12.0 Å². The van der Waals surface area contributed by atoms with Crippen molar-refractivity contribution in [2.75, 3.05) is 0 Å². The lowest BCUT2D eigenvalue weighted by Gasteiger charge is -2.17. The molecule has 19 heavy (non-hydrogen) atoms. The number of hydrogen-bond acceptors (Lipinski definition) is 3. The van der Waals surface area contributed by atoms with Crippen LogP contribution < -0.4 is 4.74 Å². The minimum absolute atomic E-state index is 0.0558. The third-order valence-electron chi connectivity index (χ3n) is 3.69. The minimum atomic E-state index is 0.0558. The zero-order valence-electron chi connectivity index (χ0n) is 11.9. The number of aliphatic hydroxyl groups is 1. The smallest absolute Gasteiger partial charge is 0.214 e. The highest BCUT2D eigenvalue weighted by molar-refractivity contribution is 5.25. The van der Waals surface area contributed by atoms with Crippen LogP contribution in [0.5, 0.6) is 5.88 Å². The second kappa shape index (κ2) is 7.49. The molecule has 3 heteroatoms. The van der Waals surface area contributed by atoms with E-state index < -0.39 is 0 Å². The normalized spacial score (nSPS) is 17.2. The average Bonchev–Trinajstić information content (AvgIpc) is 2.67. The van der Waals surface area contributed by atoms with Crippen molar-refractivity contribution in [1.29, 1.82) is 0 Å². The zero-order valence-corrected chi connectivity index (χ0v) is 11.9. The summed E-state index contributed by atoms with van der Waals surface area (Å²) in [5.41, 5.74) is 1.93. The highest BCUT2D eigenvalue weighted by Crippen LogP contribution is 2.23. The average molecular weight is 263 g/mol. The molecular weight excluding hydrogens is 238 g/mol. The van der Waals surface area contributed by atoms with Gasteiger partial charge in [-0.3, -0.25) is 0 Å². The molecule has 1 saturated carbocycles. The maximum absolute atomic E-state index is 9.32. The van der Waals surface area contributed by atoms with Crippen molar-refractivity contribution in [1.82, 2.24) is 4.98 Å². The zero-order chi connectivity index (χ0) is 13.5. The van der Waals surface area contributed by atoms with Crippen LogP contribution in [0.15, 0.2) is 12.1 Å². The molecule has 0 radical (unpaired) electrons. The maximum Gasteiger partial charge on any atom is 0.214 e. The first-order chi connectivity index (χ1) is 9.31. The number of rotatable bonds is 5. The molecule has 1 heterocycles. The quantitative estimate of drug-likeness (QED) is 0.825. The third-order valence-corrected chi connectivity index (χ3v) is 3.69. The van der Waals surface area contributed by atoms with Gasteiger partial charge in [0.25, 0.3) is 0 Å². The molecule has 3 nitrogen and oxygen atoms in total. The minimum Gasteiger partial charge on any atom is -0.474 e. The van der Waals surface area contributed by atoms with Crippen LogP contribution in [0, 0.1) is 0 Å². The third kappa shape index (κ3) is 4.50. The number of hydrogen-bond donors (Lipinski definition) is 1. The summed E-state index contributed by atoms with van der Waals surface area (Å²) < 4.78 is 6.04. The lowest BCUT2D eigenvalue weighted by atomic mass is 10.1. The Labute approximate surface area is 116 Å².